The lowest BCUT2D eigenvalue weighted by Crippen LogP contribution is -2.42. The van der Waals surface area contributed by atoms with Gasteiger partial charge in [-0.3, -0.25) is 14.5 Å². The molecule has 2 heterocycles. The quantitative estimate of drug-likeness (QED) is 0.821. The Hall–Kier alpha value is -2.11. The van der Waals surface area contributed by atoms with Crippen molar-refractivity contribution in [2.75, 3.05) is 16.8 Å². The molecule has 1 aromatic heterocycles. The molecular weight excluding hydrogens is 313 g/mol. The first-order valence-electron chi connectivity index (χ1n) is 6.07. The summed E-state index contributed by atoms with van der Waals surface area (Å²) in [7, 11) is 0. The molecule has 2 aromatic rings. The van der Waals surface area contributed by atoms with Gasteiger partial charge in [-0.05, 0) is 30.3 Å². The summed E-state index contributed by atoms with van der Waals surface area (Å²) in [5.41, 5.74) is 1.45. The minimum atomic E-state index is -0.336. The first kappa shape index (κ1) is 13.9. The fourth-order valence-corrected chi connectivity index (χ4v) is 2.37. The highest BCUT2D eigenvalue weighted by molar-refractivity contribution is 6.31. The Bertz CT molecular complexity index is 731. The predicted octanol–water partition coefficient (Wildman–Crippen LogP) is 2.99. The lowest BCUT2D eigenvalue weighted by Gasteiger charge is -2.29. The van der Waals surface area contributed by atoms with E-state index in [9.17, 15) is 9.59 Å². The molecular formula is C14H9Cl2N3O2. The van der Waals surface area contributed by atoms with Crippen LogP contribution >= 0.6 is 23.2 Å². The van der Waals surface area contributed by atoms with E-state index in [1.54, 1.807) is 24.3 Å². The molecule has 0 radical (unpaired) electrons. The van der Waals surface area contributed by atoms with Crippen LogP contribution in [0.15, 0.2) is 36.5 Å². The molecule has 0 spiro atoms. The third-order valence-electron chi connectivity index (χ3n) is 3.05. The number of benzene rings is 1. The van der Waals surface area contributed by atoms with E-state index in [0.29, 0.717) is 27.1 Å². The highest BCUT2D eigenvalue weighted by Crippen LogP contribution is 2.33. The normalized spacial score (nSPS) is 13.6. The number of nitrogens with zero attached hydrogens (tertiary/aromatic N) is 2. The molecule has 1 aliphatic heterocycles. The summed E-state index contributed by atoms with van der Waals surface area (Å²) in [6.07, 6.45) is 1.38. The molecule has 1 aromatic carbocycles. The molecule has 0 unspecified atom stereocenters. The van der Waals surface area contributed by atoms with Crippen LogP contribution in [0.2, 0.25) is 10.2 Å². The van der Waals surface area contributed by atoms with Gasteiger partial charge in [0.2, 0.25) is 5.91 Å². The predicted molar refractivity (Wildman–Crippen MR) is 81.0 cm³/mol. The lowest BCUT2D eigenvalue weighted by atomic mass is 10.1. The Kier molecular flexibility index (Phi) is 3.53. The number of hydrogen-bond acceptors (Lipinski definition) is 3. The van der Waals surface area contributed by atoms with Gasteiger partial charge in [0.1, 0.15) is 11.7 Å². The van der Waals surface area contributed by atoms with Crippen LogP contribution in [0.4, 0.5) is 11.4 Å². The Morgan fingerprint density at radius 2 is 2.05 bits per heavy atom. The van der Waals surface area contributed by atoms with Gasteiger partial charge in [-0.15, -0.1) is 0 Å². The molecule has 0 fully saturated rings. The largest absolute Gasteiger partial charge is 0.323 e. The third kappa shape index (κ3) is 2.70. The van der Waals surface area contributed by atoms with E-state index < -0.39 is 0 Å². The van der Waals surface area contributed by atoms with Crippen molar-refractivity contribution in [2.45, 2.75) is 0 Å². The molecule has 0 saturated carbocycles. The Labute approximate surface area is 130 Å². The Morgan fingerprint density at radius 1 is 1.24 bits per heavy atom. The first-order valence-corrected chi connectivity index (χ1v) is 6.83. The van der Waals surface area contributed by atoms with Crippen LogP contribution in [0.3, 0.4) is 0 Å². The van der Waals surface area contributed by atoms with Crippen molar-refractivity contribution in [3.63, 3.8) is 0 Å². The number of carbonyl (C=O) groups excluding carboxylic acids is 2. The zero-order valence-electron chi connectivity index (χ0n) is 10.6. The molecule has 0 aliphatic carbocycles. The molecule has 0 saturated heterocycles. The van der Waals surface area contributed by atoms with E-state index in [1.165, 1.54) is 17.2 Å². The summed E-state index contributed by atoms with van der Waals surface area (Å²) in [6, 6.07) is 8.04. The Balaban J connectivity index is 2.02. The van der Waals surface area contributed by atoms with Gasteiger partial charge in [-0.2, -0.15) is 0 Å². The highest BCUT2D eigenvalue weighted by atomic mass is 35.5. The second-order valence-corrected chi connectivity index (χ2v) is 5.29. The second-order valence-electron chi connectivity index (χ2n) is 4.47. The SMILES string of the molecule is O=C1CN(C(=O)c2ccc(Cl)nc2)c2cc(Cl)ccc2N1. The number of rotatable bonds is 1. The van der Waals surface area contributed by atoms with Gasteiger partial charge in [0.05, 0.1) is 16.9 Å². The number of carbonyl (C=O) groups is 2. The van der Waals surface area contributed by atoms with E-state index in [0.717, 1.165) is 0 Å². The number of anilines is 2. The molecule has 21 heavy (non-hydrogen) atoms. The zero-order valence-corrected chi connectivity index (χ0v) is 12.1. The summed E-state index contributed by atoms with van der Waals surface area (Å²) in [6.45, 7) is -0.0746. The van der Waals surface area contributed by atoms with E-state index in [-0.39, 0.29) is 18.4 Å². The summed E-state index contributed by atoms with van der Waals surface area (Å²) in [5.74, 6) is -0.599. The maximum atomic E-state index is 12.6. The van der Waals surface area contributed by atoms with Gasteiger partial charge in [-0.1, -0.05) is 23.2 Å². The average molecular weight is 322 g/mol. The molecule has 0 atom stereocenters. The van der Waals surface area contributed by atoms with Gasteiger partial charge in [0, 0.05) is 11.2 Å². The summed E-state index contributed by atoms with van der Waals surface area (Å²) >= 11 is 11.7. The maximum Gasteiger partial charge on any atom is 0.260 e. The topological polar surface area (TPSA) is 62.3 Å². The lowest BCUT2D eigenvalue weighted by molar-refractivity contribution is -0.115. The summed E-state index contributed by atoms with van der Waals surface area (Å²) < 4.78 is 0. The molecule has 1 N–H and O–H groups in total. The fourth-order valence-electron chi connectivity index (χ4n) is 2.09. The average Bonchev–Trinajstić information content (AvgIpc) is 2.47. The van der Waals surface area contributed by atoms with Crippen LogP contribution in [0.1, 0.15) is 10.4 Å². The van der Waals surface area contributed by atoms with Crippen LogP contribution in [0, 0.1) is 0 Å². The van der Waals surface area contributed by atoms with Gasteiger partial charge in [0.15, 0.2) is 0 Å². The third-order valence-corrected chi connectivity index (χ3v) is 3.50. The molecule has 3 rings (SSSR count). The number of halogens is 2. The number of fused-ring (bicyclic) bond motifs is 1. The van der Waals surface area contributed by atoms with Crippen molar-refractivity contribution in [2.24, 2.45) is 0 Å². The van der Waals surface area contributed by atoms with Crippen molar-refractivity contribution < 1.29 is 9.59 Å². The van der Waals surface area contributed by atoms with E-state index in [1.807, 2.05) is 0 Å². The van der Waals surface area contributed by atoms with E-state index >= 15 is 0 Å². The molecule has 1 aliphatic rings. The fraction of sp³-hybridized carbons (Fsp3) is 0.0714. The van der Waals surface area contributed by atoms with Crippen molar-refractivity contribution in [1.82, 2.24) is 4.98 Å². The molecule has 7 heteroatoms. The summed E-state index contributed by atoms with van der Waals surface area (Å²) in [5, 5.41) is 3.49. The first-order chi connectivity index (χ1) is 10.0. The van der Waals surface area contributed by atoms with Crippen LogP contribution in [-0.2, 0) is 4.79 Å². The van der Waals surface area contributed by atoms with E-state index in [4.69, 9.17) is 23.2 Å². The highest BCUT2D eigenvalue weighted by Gasteiger charge is 2.28. The minimum Gasteiger partial charge on any atom is -0.323 e. The summed E-state index contributed by atoms with van der Waals surface area (Å²) in [4.78, 5) is 29.5. The van der Waals surface area contributed by atoms with E-state index in [2.05, 4.69) is 10.3 Å². The van der Waals surface area contributed by atoms with Crippen LogP contribution in [-0.4, -0.2) is 23.3 Å². The van der Waals surface area contributed by atoms with Gasteiger partial charge >= 0.3 is 0 Å². The van der Waals surface area contributed by atoms with Crippen molar-refractivity contribution in [3.05, 3.63) is 52.3 Å². The van der Waals surface area contributed by atoms with Crippen molar-refractivity contribution >= 4 is 46.4 Å². The smallest absolute Gasteiger partial charge is 0.260 e. The van der Waals surface area contributed by atoms with Gasteiger partial charge < -0.3 is 5.32 Å². The Morgan fingerprint density at radius 3 is 2.76 bits per heavy atom. The number of pyridine rings is 1. The number of hydrogen-bond donors (Lipinski definition) is 1. The second kappa shape index (κ2) is 5.35. The van der Waals surface area contributed by atoms with Crippen molar-refractivity contribution in [3.8, 4) is 0 Å². The van der Waals surface area contributed by atoms with Gasteiger partial charge in [0.25, 0.3) is 5.91 Å². The molecule has 5 nitrogen and oxygen atoms in total. The standard InChI is InChI=1S/C14H9Cl2N3O2/c15-9-2-3-10-11(5-9)19(7-13(20)18-10)14(21)8-1-4-12(16)17-6-8/h1-6H,7H2,(H,18,20). The molecule has 0 bridgehead atoms. The van der Waals surface area contributed by atoms with Crippen LogP contribution in [0.25, 0.3) is 0 Å². The zero-order chi connectivity index (χ0) is 15.0. The number of amides is 2. The van der Waals surface area contributed by atoms with Crippen molar-refractivity contribution in [1.29, 1.82) is 0 Å². The van der Waals surface area contributed by atoms with Gasteiger partial charge in [-0.25, -0.2) is 4.98 Å². The number of aromatic nitrogens is 1. The molecule has 106 valence electrons. The monoisotopic (exact) mass is 321 g/mol. The number of nitrogens with one attached hydrogen (secondary N) is 1. The molecule has 2 amide bonds. The maximum absolute atomic E-state index is 12.6. The van der Waals surface area contributed by atoms with Crippen LogP contribution < -0.4 is 10.2 Å². The minimum absolute atomic E-state index is 0.0746. The van der Waals surface area contributed by atoms with Crippen LogP contribution in [0.5, 0.6) is 0 Å².